The number of anilines is 1. The third-order valence-corrected chi connectivity index (χ3v) is 5.57. The van der Waals surface area contributed by atoms with Gasteiger partial charge in [0.15, 0.2) is 17.4 Å². The van der Waals surface area contributed by atoms with Crippen molar-refractivity contribution in [3.8, 4) is 11.4 Å². The summed E-state index contributed by atoms with van der Waals surface area (Å²) in [5, 5.41) is 0. The fourth-order valence-corrected chi connectivity index (χ4v) is 3.74. The Morgan fingerprint density at radius 2 is 1.58 bits per heavy atom. The molecule has 0 radical (unpaired) electrons. The molecule has 0 aliphatic heterocycles. The second kappa shape index (κ2) is 10.8. The molecule has 0 atom stereocenters. The number of nitrogens with two attached hydrogens (primary N) is 1. The number of ether oxygens (including phenoxy) is 1. The summed E-state index contributed by atoms with van der Waals surface area (Å²) >= 11 is 2.25. The molecule has 10 heteroatoms. The maximum atomic E-state index is 14.8. The summed E-state index contributed by atoms with van der Waals surface area (Å²) in [6.45, 7) is 0.268. The first-order valence-electron chi connectivity index (χ1n) is 9.94. The summed E-state index contributed by atoms with van der Waals surface area (Å²) in [6, 6.07) is 6.02. The highest BCUT2D eigenvalue weighted by atomic mass is 127. The lowest BCUT2D eigenvalue weighted by atomic mass is 10.0. The molecule has 0 bridgehead atoms. The number of nitrogen functional groups attached to an aromatic ring is 1. The Hall–Kier alpha value is -2.89. The number of benzene rings is 2. The summed E-state index contributed by atoms with van der Waals surface area (Å²) in [5.74, 6) is -5.94. The molecule has 1 aromatic heterocycles. The lowest BCUT2D eigenvalue weighted by Crippen LogP contribution is -2.25. The van der Waals surface area contributed by atoms with Crippen LogP contribution in [-0.4, -0.2) is 21.4 Å². The van der Waals surface area contributed by atoms with Gasteiger partial charge in [0.1, 0.15) is 28.9 Å². The van der Waals surface area contributed by atoms with Crippen molar-refractivity contribution in [1.29, 1.82) is 0 Å². The number of carbonyl (C=O) groups excluding carboxylic acids is 1. The van der Waals surface area contributed by atoms with Crippen LogP contribution in [0.25, 0.3) is 5.69 Å². The Morgan fingerprint density at radius 3 is 2.21 bits per heavy atom. The molecule has 0 saturated heterocycles. The number of halogens is 5. The molecule has 33 heavy (non-hydrogen) atoms. The summed E-state index contributed by atoms with van der Waals surface area (Å²) in [5.41, 5.74) is 3.31. The zero-order valence-corrected chi connectivity index (χ0v) is 19.4. The molecular formula is C23H19F4IN2O3. The molecule has 0 saturated carbocycles. The first kappa shape index (κ1) is 24.7. The molecular weight excluding hydrogens is 555 g/mol. The topological polar surface area (TPSA) is 74.3 Å². The molecule has 0 unspecified atom stereocenters. The van der Waals surface area contributed by atoms with Gasteiger partial charge in [-0.2, -0.15) is 0 Å². The van der Waals surface area contributed by atoms with Gasteiger partial charge in [-0.25, -0.2) is 17.6 Å². The van der Waals surface area contributed by atoms with E-state index >= 15 is 0 Å². The van der Waals surface area contributed by atoms with Gasteiger partial charge < -0.3 is 10.5 Å². The number of nitrogens with zero attached hydrogens (tertiary/aromatic N) is 1. The van der Waals surface area contributed by atoms with E-state index in [-0.39, 0.29) is 17.9 Å². The van der Waals surface area contributed by atoms with Crippen LogP contribution in [0.4, 0.5) is 23.4 Å². The van der Waals surface area contributed by atoms with E-state index in [4.69, 9.17) is 10.5 Å². The molecule has 5 nitrogen and oxygen atoms in total. The van der Waals surface area contributed by atoms with Gasteiger partial charge >= 0.3 is 0 Å². The Balaban J connectivity index is 1.98. The highest BCUT2D eigenvalue weighted by molar-refractivity contribution is 14.1. The lowest BCUT2D eigenvalue weighted by molar-refractivity contribution is 0.103. The molecule has 0 amide bonds. The molecule has 2 N–H and O–H groups in total. The van der Waals surface area contributed by atoms with E-state index in [1.54, 1.807) is 0 Å². The van der Waals surface area contributed by atoms with Crippen molar-refractivity contribution in [3.63, 3.8) is 0 Å². The van der Waals surface area contributed by atoms with Crippen molar-refractivity contribution in [2.75, 3.05) is 16.8 Å². The minimum absolute atomic E-state index is 0.0598. The Labute approximate surface area is 200 Å². The maximum Gasteiger partial charge on any atom is 0.256 e. The van der Waals surface area contributed by atoms with Gasteiger partial charge in [0.2, 0.25) is 0 Å². The molecule has 2 aromatic carbocycles. The standard InChI is InChI=1S/C23H19F4IN2O3/c24-13-4-5-15(17(25)10-13)22(32)16-6-7-20(31)30(23(16)29)21-18(26)11-14(12-19(21)27)33-9-3-1-2-8-28/h4-7,10-12H,1-3,8-9,29H2. The lowest BCUT2D eigenvalue weighted by Gasteiger charge is -2.16. The van der Waals surface area contributed by atoms with Crippen LogP contribution in [-0.2, 0) is 0 Å². The van der Waals surface area contributed by atoms with Crippen LogP contribution in [0, 0.1) is 23.3 Å². The van der Waals surface area contributed by atoms with Gasteiger partial charge in [-0.15, -0.1) is 0 Å². The molecule has 0 aliphatic carbocycles. The van der Waals surface area contributed by atoms with E-state index in [1.165, 1.54) is 0 Å². The zero-order chi connectivity index (χ0) is 24.1. The predicted molar refractivity (Wildman–Crippen MR) is 124 cm³/mol. The molecule has 0 aliphatic rings. The number of aromatic nitrogens is 1. The van der Waals surface area contributed by atoms with Crippen LogP contribution in [0.1, 0.15) is 35.2 Å². The van der Waals surface area contributed by atoms with Crippen LogP contribution in [0.15, 0.2) is 47.3 Å². The first-order chi connectivity index (χ1) is 15.7. The Morgan fingerprint density at radius 1 is 0.909 bits per heavy atom. The number of pyridine rings is 1. The third kappa shape index (κ3) is 5.55. The van der Waals surface area contributed by atoms with Crippen LogP contribution >= 0.6 is 22.6 Å². The molecule has 3 aromatic rings. The van der Waals surface area contributed by atoms with Gasteiger partial charge in [-0.1, -0.05) is 22.6 Å². The summed E-state index contributed by atoms with van der Waals surface area (Å²) in [7, 11) is 0. The van der Waals surface area contributed by atoms with E-state index in [2.05, 4.69) is 22.6 Å². The Bertz CT molecular complexity index is 1220. The SMILES string of the molecule is Nc1c(C(=O)c2ccc(F)cc2F)ccc(=O)n1-c1c(F)cc(OCCCCCI)cc1F. The predicted octanol–water partition coefficient (Wildman–Crippen LogP) is 5.19. The van der Waals surface area contributed by atoms with Gasteiger partial charge in [0.25, 0.3) is 5.56 Å². The summed E-state index contributed by atoms with van der Waals surface area (Å²) in [6.07, 6.45) is 2.63. The second-order valence-electron chi connectivity index (χ2n) is 7.09. The monoisotopic (exact) mass is 574 g/mol. The van der Waals surface area contributed by atoms with Crippen LogP contribution in [0.3, 0.4) is 0 Å². The van der Waals surface area contributed by atoms with Gasteiger partial charge in [0, 0.05) is 24.3 Å². The largest absolute Gasteiger partial charge is 0.493 e. The molecule has 0 spiro atoms. The highest BCUT2D eigenvalue weighted by Crippen LogP contribution is 2.27. The Kier molecular flexibility index (Phi) is 8.11. The fraction of sp³-hybridized carbons (Fsp3) is 0.217. The average molecular weight is 574 g/mol. The van der Waals surface area contributed by atoms with Crippen molar-refractivity contribution >= 4 is 34.2 Å². The number of rotatable bonds is 9. The summed E-state index contributed by atoms with van der Waals surface area (Å²) in [4.78, 5) is 25.2. The van der Waals surface area contributed by atoms with Gasteiger partial charge in [-0.3, -0.25) is 14.2 Å². The number of ketones is 1. The van der Waals surface area contributed by atoms with E-state index in [9.17, 15) is 27.2 Å². The zero-order valence-electron chi connectivity index (χ0n) is 17.2. The minimum atomic E-state index is -1.14. The highest BCUT2D eigenvalue weighted by Gasteiger charge is 2.23. The van der Waals surface area contributed by atoms with Crippen LogP contribution < -0.4 is 16.0 Å². The van der Waals surface area contributed by atoms with E-state index in [0.717, 1.165) is 53.7 Å². The van der Waals surface area contributed by atoms with Crippen molar-refractivity contribution in [2.45, 2.75) is 19.3 Å². The number of carbonyl (C=O) groups is 1. The molecule has 1 heterocycles. The smallest absolute Gasteiger partial charge is 0.256 e. The normalized spacial score (nSPS) is 10.9. The van der Waals surface area contributed by atoms with E-state index < -0.39 is 51.7 Å². The van der Waals surface area contributed by atoms with E-state index in [1.807, 2.05) is 0 Å². The first-order valence-corrected chi connectivity index (χ1v) is 11.5. The van der Waals surface area contributed by atoms with Crippen molar-refractivity contribution in [2.24, 2.45) is 0 Å². The van der Waals surface area contributed by atoms with Crippen LogP contribution in [0.5, 0.6) is 5.75 Å². The van der Waals surface area contributed by atoms with Crippen molar-refractivity contribution < 1.29 is 27.1 Å². The number of alkyl halides is 1. The van der Waals surface area contributed by atoms with Crippen molar-refractivity contribution in [3.05, 3.63) is 87.2 Å². The molecule has 174 valence electrons. The third-order valence-electron chi connectivity index (χ3n) is 4.81. The van der Waals surface area contributed by atoms with Gasteiger partial charge in [-0.05, 0) is 41.9 Å². The number of hydrogen-bond donors (Lipinski definition) is 1. The second-order valence-corrected chi connectivity index (χ2v) is 8.17. The number of hydrogen-bond acceptors (Lipinski definition) is 4. The van der Waals surface area contributed by atoms with Crippen LogP contribution in [0.2, 0.25) is 0 Å². The summed E-state index contributed by atoms with van der Waals surface area (Å²) < 4.78 is 63.8. The van der Waals surface area contributed by atoms with Gasteiger partial charge in [0.05, 0.1) is 17.7 Å². The molecule has 0 fully saturated rings. The molecule has 3 rings (SSSR count). The minimum Gasteiger partial charge on any atom is -0.493 e. The number of unbranched alkanes of at least 4 members (excludes halogenated alkanes) is 2. The quantitative estimate of drug-likeness (QED) is 0.126. The maximum absolute atomic E-state index is 14.8. The fourth-order valence-electron chi connectivity index (χ4n) is 3.20. The van der Waals surface area contributed by atoms with E-state index in [0.29, 0.717) is 17.1 Å². The van der Waals surface area contributed by atoms with Crippen molar-refractivity contribution in [1.82, 2.24) is 4.57 Å². The average Bonchev–Trinajstić information content (AvgIpc) is 2.75.